The van der Waals surface area contributed by atoms with E-state index in [0.29, 0.717) is 24.3 Å². The van der Waals surface area contributed by atoms with E-state index in [1.54, 1.807) is 13.0 Å². The van der Waals surface area contributed by atoms with Crippen LogP contribution in [0.15, 0.2) is 52.7 Å². The van der Waals surface area contributed by atoms with Gasteiger partial charge in [-0.05, 0) is 95.6 Å². The predicted octanol–water partition coefficient (Wildman–Crippen LogP) is 6.66. The van der Waals surface area contributed by atoms with Gasteiger partial charge in [0.2, 0.25) is 5.91 Å². The molecule has 246 valence electrons. The molecular formula is C35H55N3O6. The highest BCUT2D eigenvalue weighted by Gasteiger charge is 2.25. The van der Waals surface area contributed by atoms with Gasteiger partial charge in [-0.25, -0.2) is 4.99 Å². The first-order valence-corrected chi connectivity index (χ1v) is 15.4. The van der Waals surface area contributed by atoms with Crippen molar-refractivity contribution in [1.82, 2.24) is 10.6 Å². The summed E-state index contributed by atoms with van der Waals surface area (Å²) in [5.74, 6) is -0.944. The fourth-order valence-electron chi connectivity index (χ4n) is 3.99. The van der Waals surface area contributed by atoms with Crippen molar-refractivity contribution in [2.75, 3.05) is 19.7 Å². The summed E-state index contributed by atoms with van der Waals surface area (Å²) < 4.78 is 6.00. The average molecular weight is 614 g/mol. The maximum absolute atomic E-state index is 12.9. The number of aliphatic imine (C=N–C) groups is 1. The molecule has 3 N–H and O–H groups in total. The Labute approximate surface area is 264 Å². The molecule has 1 rings (SSSR count). The first-order chi connectivity index (χ1) is 20.4. The fraction of sp³-hybridized carbons (Fsp3) is 0.571. The van der Waals surface area contributed by atoms with Gasteiger partial charge in [-0.1, -0.05) is 52.3 Å². The zero-order valence-corrected chi connectivity index (χ0v) is 28.6. The van der Waals surface area contributed by atoms with Crippen LogP contribution in [0.25, 0.3) is 0 Å². The second kappa shape index (κ2) is 20.4. The molecule has 0 bridgehead atoms. The molecule has 0 radical (unpaired) electrons. The van der Waals surface area contributed by atoms with E-state index < -0.39 is 11.5 Å². The van der Waals surface area contributed by atoms with Gasteiger partial charge in [0.15, 0.2) is 17.3 Å². The van der Waals surface area contributed by atoms with Gasteiger partial charge in [-0.3, -0.25) is 19.2 Å². The average Bonchev–Trinajstić information content (AvgIpc) is 2.92. The quantitative estimate of drug-likeness (QED) is 0.0778. The lowest BCUT2D eigenvalue weighted by molar-refractivity contribution is -0.128. The third-order valence-electron chi connectivity index (χ3n) is 6.79. The molecule has 0 atom stereocenters. The number of rotatable bonds is 17. The summed E-state index contributed by atoms with van der Waals surface area (Å²) >= 11 is 0. The topological polar surface area (TPSA) is 134 Å². The van der Waals surface area contributed by atoms with E-state index in [-0.39, 0.29) is 53.9 Å². The van der Waals surface area contributed by atoms with Crippen molar-refractivity contribution < 1.29 is 29.0 Å². The van der Waals surface area contributed by atoms with Crippen molar-refractivity contribution in [2.45, 2.75) is 107 Å². The van der Waals surface area contributed by atoms with Crippen LogP contribution < -0.4 is 10.6 Å². The SMILES string of the molecule is CC(=O)/C=C\C(C)=O.CCCC(C)(C)CCOC(C)(C)CC(=O)NCCNC(=O)C(=Nc1ccccc1C)/C(O)=C(\C)CC. The predicted molar refractivity (Wildman–Crippen MR) is 178 cm³/mol. The lowest BCUT2D eigenvalue weighted by Gasteiger charge is -2.29. The lowest BCUT2D eigenvalue weighted by Crippen LogP contribution is -2.40. The molecule has 9 heteroatoms. The number of amides is 2. The molecular weight excluding hydrogens is 558 g/mol. The zero-order valence-electron chi connectivity index (χ0n) is 28.6. The van der Waals surface area contributed by atoms with E-state index >= 15 is 0 Å². The van der Waals surface area contributed by atoms with Crippen molar-refractivity contribution in [3.8, 4) is 0 Å². The highest BCUT2D eigenvalue weighted by atomic mass is 16.5. The number of hydrogen-bond acceptors (Lipinski definition) is 7. The summed E-state index contributed by atoms with van der Waals surface area (Å²) in [5, 5.41) is 16.2. The highest BCUT2D eigenvalue weighted by molar-refractivity contribution is 6.45. The van der Waals surface area contributed by atoms with E-state index in [1.807, 2.05) is 45.9 Å². The number of aryl methyl sites for hydroxylation is 1. The fourth-order valence-corrected chi connectivity index (χ4v) is 3.99. The third kappa shape index (κ3) is 18.2. The van der Waals surface area contributed by atoms with Crippen molar-refractivity contribution in [3.63, 3.8) is 0 Å². The largest absolute Gasteiger partial charge is 0.506 e. The number of nitrogens with zero attached hydrogens (tertiary/aromatic N) is 1. The minimum Gasteiger partial charge on any atom is -0.506 e. The molecule has 0 unspecified atom stereocenters. The van der Waals surface area contributed by atoms with E-state index in [9.17, 15) is 24.3 Å². The van der Waals surface area contributed by atoms with Gasteiger partial charge in [0, 0.05) is 19.7 Å². The molecule has 44 heavy (non-hydrogen) atoms. The number of carbonyl (C=O) groups is 4. The van der Waals surface area contributed by atoms with Crippen molar-refractivity contribution >= 4 is 34.8 Å². The normalized spacial score (nSPS) is 12.6. The number of ether oxygens (including phenoxy) is 1. The summed E-state index contributed by atoms with van der Waals surface area (Å²) in [7, 11) is 0. The summed E-state index contributed by atoms with van der Waals surface area (Å²) in [6, 6.07) is 7.42. The van der Waals surface area contributed by atoms with Gasteiger partial charge in [-0.2, -0.15) is 0 Å². The Balaban J connectivity index is 0.00000202. The first kappa shape index (κ1) is 40.4. The molecule has 0 saturated heterocycles. The Morgan fingerprint density at radius 1 is 0.909 bits per heavy atom. The van der Waals surface area contributed by atoms with Crippen molar-refractivity contribution in [3.05, 3.63) is 53.3 Å². The van der Waals surface area contributed by atoms with Gasteiger partial charge < -0.3 is 20.5 Å². The molecule has 2 amide bonds. The minimum atomic E-state index is -0.572. The molecule has 0 saturated carbocycles. The van der Waals surface area contributed by atoms with Gasteiger partial charge in [-0.15, -0.1) is 0 Å². The molecule has 0 aliphatic carbocycles. The Kier molecular flexibility index (Phi) is 18.7. The zero-order chi connectivity index (χ0) is 33.9. The number of ketones is 2. The summed E-state index contributed by atoms with van der Waals surface area (Å²) in [4.78, 5) is 50.0. The highest BCUT2D eigenvalue weighted by Crippen LogP contribution is 2.27. The Bertz CT molecular complexity index is 1180. The van der Waals surface area contributed by atoms with Crippen LogP contribution >= 0.6 is 0 Å². The van der Waals surface area contributed by atoms with Crippen LogP contribution in [0.4, 0.5) is 5.69 Å². The summed E-state index contributed by atoms with van der Waals surface area (Å²) in [5.41, 5.74) is 1.81. The van der Waals surface area contributed by atoms with Gasteiger partial charge >= 0.3 is 0 Å². The second-order valence-electron chi connectivity index (χ2n) is 12.3. The van der Waals surface area contributed by atoms with Crippen LogP contribution in [0.5, 0.6) is 0 Å². The van der Waals surface area contributed by atoms with Crippen LogP contribution in [0.2, 0.25) is 0 Å². The molecule has 0 spiro atoms. The summed E-state index contributed by atoms with van der Waals surface area (Å²) in [6.07, 6.45) is 6.56. The van der Waals surface area contributed by atoms with Gasteiger partial charge in [0.05, 0.1) is 17.7 Å². The number of nitrogens with one attached hydrogen (secondary N) is 2. The lowest BCUT2D eigenvalue weighted by atomic mass is 9.85. The van der Waals surface area contributed by atoms with Crippen LogP contribution in [0, 0.1) is 12.3 Å². The smallest absolute Gasteiger partial charge is 0.273 e. The van der Waals surface area contributed by atoms with E-state index in [2.05, 4.69) is 36.4 Å². The molecule has 0 heterocycles. The Morgan fingerprint density at radius 2 is 1.48 bits per heavy atom. The number of hydrogen-bond donors (Lipinski definition) is 3. The number of carbonyl (C=O) groups excluding carboxylic acids is 4. The van der Waals surface area contributed by atoms with E-state index in [1.165, 1.54) is 26.0 Å². The first-order valence-electron chi connectivity index (χ1n) is 15.4. The Morgan fingerprint density at radius 3 is 2.00 bits per heavy atom. The van der Waals surface area contributed by atoms with Crippen LogP contribution in [-0.2, 0) is 23.9 Å². The molecule has 1 aromatic carbocycles. The number of allylic oxidation sites excluding steroid dienone is 3. The van der Waals surface area contributed by atoms with Crippen LogP contribution in [0.1, 0.15) is 100.0 Å². The van der Waals surface area contributed by atoms with E-state index in [4.69, 9.17) is 4.74 Å². The Hall–Kier alpha value is -3.59. The standard InChI is InChI=1S/C29H47N3O4.C6H8O2/c1-9-15-28(5,6)16-19-36-29(7,8)20-24(33)30-17-18-31-27(35)25(26(34)21(3)10-2)32-23-14-12-11-13-22(23)4;1-5(7)3-4-6(2)8/h11-14,34H,9-10,15-20H2,1-8H3,(H,30,33)(H,31,35);3-4H,1-2H3/b26-21-,32-25?;4-3-. The molecule has 0 aromatic heterocycles. The maximum Gasteiger partial charge on any atom is 0.273 e. The number of benzene rings is 1. The molecule has 0 aliphatic heterocycles. The summed E-state index contributed by atoms with van der Waals surface area (Å²) in [6.45, 7) is 20.0. The number of aliphatic hydroxyl groups is 1. The van der Waals surface area contributed by atoms with E-state index in [0.717, 1.165) is 24.8 Å². The minimum absolute atomic E-state index is 0.0319. The molecule has 0 fully saturated rings. The molecule has 1 aromatic rings. The van der Waals surface area contributed by atoms with Gasteiger partial charge in [0.25, 0.3) is 5.91 Å². The number of para-hydroxylation sites is 1. The molecule has 9 nitrogen and oxygen atoms in total. The maximum atomic E-state index is 12.9. The van der Waals surface area contributed by atoms with Gasteiger partial charge in [0.1, 0.15) is 5.76 Å². The van der Waals surface area contributed by atoms with Crippen LogP contribution in [-0.4, -0.2) is 59.5 Å². The molecule has 0 aliphatic rings. The third-order valence-corrected chi connectivity index (χ3v) is 6.79. The van der Waals surface area contributed by atoms with Crippen molar-refractivity contribution in [2.24, 2.45) is 10.4 Å². The monoisotopic (exact) mass is 613 g/mol. The van der Waals surface area contributed by atoms with Crippen molar-refractivity contribution in [1.29, 1.82) is 0 Å². The number of aliphatic hydroxyl groups excluding tert-OH is 1. The second-order valence-corrected chi connectivity index (χ2v) is 12.3. The van der Waals surface area contributed by atoms with Crippen LogP contribution in [0.3, 0.4) is 0 Å².